The van der Waals surface area contributed by atoms with Crippen molar-refractivity contribution in [2.75, 3.05) is 120 Å². The summed E-state index contributed by atoms with van der Waals surface area (Å²) in [7, 11) is 2.60. The lowest BCUT2D eigenvalue weighted by atomic mass is 10.00. The predicted octanol–water partition coefficient (Wildman–Crippen LogP) is 4.39. The molecule has 12 heteroatoms. The maximum absolute atomic E-state index is 11.5. The van der Waals surface area contributed by atoms with Gasteiger partial charge in [0.05, 0.1) is 120 Å². The number of unbranched alkanes of at least 4 members (excludes halogenated alkanes) is 9. The SMILES string of the molecule is C1COCCOCCOCCO1.C1COCCOCCOCCO1.CCCCCCCCCCCCC(C(=O)OC)C(=O)OC. The molecular formula is C33H64O12. The third kappa shape index (κ3) is 32.4. The van der Waals surface area contributed by atoms with Crippen molar-refractivity contribution in [3.05, 3.63) is 0 Å². The minimum Gasteiger partial charge on any atom is -0.468 e. The van der Waals surface area contributed by atoms with Crippen LogP contribution >= 0.6 is 0 Å². The number of methoxy groups -OCH3 is 2. The molecule has 0 bridgehead atoms. The molecule has 45 heavy (non-hydrogen) atoms. The molecule has 0 amide bonds. The lowest BCUT2D eigenvalue weighted by Gasteiger charge is -2.11. The van der Waals surface area contributed by atoms with Gasteiger partial charge < -0.3 is 47.4 Å². The van der Waals surface area contributed by atoms with Crippen molar-refractivity contribution in [2.45, 2.75) is 77.6 Å². The van der Waals surface area contributed by atoms with Gasteiger partial charge in [0.25, 0.3) is 0 Å². The van der Waals surface area contributed by atoms with Crippen molar-refractivity contribution in [3.63, 3.8) is 0 Å². The Hall–Kier alpha value is -1.38. The Morgan fingerprint density at radius 1 is 0.422 bits per heavy atom. The first-order chi connectivity index (χ1) is 22.2. The number of esters is 2. The number of ether oxygens (including phenoxy) is 10. The Labute approximate surface area is 272 Å². The summed E-state index contributed by atoms with van der Waals surface area (Å²) in [5.41, 5.74) is 0. The number of hydrogen-bond donors (Lipinski definition) is 0. The topological polar surface area (TPSA) is 126 Å². The highest BCUT2D eigenvalue weighted by atomic mass is 16.6. The molecule has 0 aromatic carbocycles. The number of hydrogen-bond acceptors (Lipinski definition) is 12. The van der Waals surface area contributed by atoms with E-state index >= 15 is 0 Å². The van der Waals surface area contributed by atoms with Gasteiger partial charge in [-0.15, -0.1) is 0 Å². The van der Waals surface area contributed by atoms with E-state index in [-0.39, 0.29) is 0 Å². The maximum Gasteiger partial charge on any atom is 0.320 e. The fraction of sp³-hybridized carbons (Fsp3) is 0.939. The zero-order chi connectivity index (χ0) is 32.9. The zero-order valence-electron chi connectivity index (χ0n) is 28.6. The molecule has 12 nitrogen and oxygen atoms in total. The van der Waals surface area contributed by atoms with E-state index in [1.165, 1.54) is 65.6 Å². The second-order valence-corrected chi connectivity index (χ2v) is 10.5. The van der Waals surface area contributed by atoms with Crippen molar-refractivity contribution < 1.29 is 57.0 Å². The minimum absolute atomic E-state index is 0.488. The second-order valence-electron chi connectivity index (χ2n) is 10.5. The third-order valence-electron chi connectivity index (χ3n) is 6.79. The van der Waals surface area contributed by atoms with Gasteiger partial charge in [-0.1, -0.05) is 71.1 Å². The van der Waals surface area contributed by atoms with Crippen LogP contribution in [0.15, 0.2) is 0 Å². The molecule has 0 aromatic heterocycles. The van der Waals surface area contributed by atoms with E-state index in [1.807, 2.05) is 0 Å². The van der Waals surface area contributed by atoms with Crippen molar-refractivity contribution in [3.8, 4) is 0 Å². The maximum atomic E-state index is 11.5. The Bertz CT molecular complexity index is 496. The highest BCUT2D eigenvalue weighted by Gasteiger charge is 2.27. The van der Waals surface area contributed by atoms with Crippen LogP contribution in [0.4, 0.5) is 0 Å². The fourth-order valence-electron chi connectivity index (χ4n) is 4.21. The normalized spacial score (nSPS) is 17.8. The van der Waals surface area contributed by atoms with Crippen molar-refractivity contribution >= 4 is 11.9 Å². The van der Waals surface area contributed by atoms with E-state index in [0.717, 1.165) is 12.8 Å². The lowest BCUT2D eigenvalue weighted by Crippen LogP contribution is -2.26. The van der Waals surface area contributed by atoms with E-state index < -0.39 is 17.9 Å². The van der Waals surface area contributed by atoms with Crippen LogP contribution in [-0.4, -0.2) is 132 Å². The highest BCUT2D eigenvalue weighted by molar-refractivity contribution is 5.94. The minimum atomic E-state index is -0.756. The summed E-state index contributed by atoms with van der Waals surface area (Å²) in [6.07, 6.45) is 12.8. The van der Waals surface area contributed by atoms with Crippen molar-refractivity contribution in [1.29, 1.82) is 0 Å². The number of carbonyl (C=O) groups is 2. The molecule has 2 aliphatic heterocycles. The van der Waals surface area contributed by atoms with Crippen LogP contribution in [0.1, 0.15) is 77.6 Å². The van der Waals surface area contributed by atoms with Crippen LogP contribution in [0.5, 0.6) is 0 Å². The van der Waals surface area contributed by atoms with E-state index in [0.29, 0.717) is 112 Å². The van der Waals surface area contributed by atoms with Gasteiger partial charge in [-0.05, 0) is 6.42 Å². The third-order valence-corrected chi connectivity index (χ3v) is 6.79. The predicted molar refractivity (Wildman–Crippen MR) is 171 cm³/mol. The average Bonchev–Trinajstić information content (AvgIpc) is 3.04. The van der Waals surface area contributed by atoms with Crippen LogP contribution in [0.2, 0.25) is 0 Å². The van der Waals surface area contributed by atoms with Gasteiger partial charge >= 0.3 is 11.9 Å². The number of rotatable bonds is 13. The molecule has 2 fully saturated rings. The molecule has 2 aliphatic rings. The summed E-state index contributed by atoms with van der Waals surface area (Å²) in [5.74, 6) is -1.73. The number of carbonyl (C=O) groups excluding carboxylic acids is 2. The molecule has 0 saturated carbocycles. The van der Waals surface area contributed by atoms with E-state index in [2.05, 4.69) is 16.4 Å². The van der Waals surface area contributed by atoms with Gasteiger partial charge in [-0.2, -0.15) is 0 Å². The summed E-state index contributed by atoms with van der Waals surface area (Å²) in [4.78, 5) is 23.0. The lowest BCUT2D eigenvalue weighted by molar-refractivity contribution is -0.159. The second kappa shape index (κ2) is 37.1. The molecule has 0 aliphatic carbocycles. The van der Waals surface area contributed by atoms with E-state index in [9.17, 15) is 9.59 Å². The molecule has 0 N–H and O–H groups in total. The average molecular weight is 653 g/mol. The van der Waals surface area contributed by atoms with Crippen LogP contribution in [0.3, 0.4) is 0 Å². The zero-order valence-corrected chi connectivity index (χ0v) is 28.6. The Morgan fingerprint density at radius 2 is 0.644 bits per heavy atom. The van der Waals surface area contributed by atoms with Gasteiger partial charge in [0.15, 0.2) is 5.92 Å². The summed E-state index contributed by atoms with van der Waals surface area (Å²) >= 11 is 0. The van der Waals surface area contributed by atoms with Gasteiger partial charge in [0, 0.05) is 0 Å². The molecule has 0 spiro atoms. The van der Waals surface area contributed by atoms with Crippen LogP contribution in [-0.2, 0) is 57.0 Å². The summed E-state index contributed by atoms with van der Waals surface area (Å²) in [5, 5.41) is 0. The summed E-state index contributed by atoms with van der Waals surface area (Å²) in [6.45, 7) is 12.5. The Kier molecular flexibility index (Phi) is 35.9. The first-order valence-corrected chi connectivity index (χ1v) is 16.9. The van der Waals surface area contributed by atoms with Gasteiger partial charge in [-0.25, -0.2) is 0 Å². The highest BCUT2D eigenvalue weighted by Crippen LogP contribution is 2.16. The molecule has 268 valence electrons. The van der Waals surface area contributed by atoms with Gasteiger partial charge in [0.2, 0.25) is 0 Å². The first-order valence-electron chi connectivity index (χ1n) is 16.9. The van der Waals surface area contributed by atoms with E-state index in [1.54, 1.807) is 0 Å². The molecule has 0 radical (unpaired) electrons. The molecular weight excluding hydrogens is 588 g/mol. The Balaban J connectivity index is 0.000000687. The molecule has 2 rings (SSSR count). The fourth-order valence-corrected chi connectivity index (χ4v) is 4.21. The van der Waals surface area contributed by atoms with Crippen molar-refractivity contribution in [1.82, 2.24) is 0 Å². The van der Waals surface area contributed by atoms with E-state index in [4.69, 9.17) is 37.9 Å². The molecule has 0 aromatic rings. The van der Waals surface area contributed by atoms with Gasteiger partial charge in [-0.3, -0.25) is 9.59 Å². The smallest absolute Gasteiger partial charge is 0.320 e. The molecule has 0 unspecified atom stereocenters. The Morgan fingerprint density at radius 3 is 0.867 bits per heavy atom. The standard InChI is InChI=1S/C17H32O4.2C8H16O4/c1-4-5-6-7-8-9-10-11-12-13-14-15(16(18)20-2)17(19)21-3;2*1-2-10-5-6-12-8-7-11-4-3-9-1/h15H,4-14H2,1-3H3;2*1-8H2. The monoisotopic (exact) mass is 652 g/mol. The van der Waals surface area contributed by atoms with Crippen LogP contribution in [0.25, 0.3) is 0 Å². The molecule has 2 saturated heterocycles. The van der Waals surface area contributed by atoms with Crippen LogP contribution < -0.4 is 0 Å². The van der Waals surface area contributed by atoms with Gasteiger partial charge in [0.1, 0.15) is 0 Å². The molecule has 0 atom stereocenters. The molecule has 2 heterocycles. The largest absolute Gasteiger partial charge is 0.468 e. The quantitative estimate of drug-likeness (QED) is 0.159. The van der Waals surface area contributed by atoms with Crippen LogP contribution in [0, 0.1) is 5.92 Å². The first kappa shape index (κ1) is 43.6. The summed E-state index contributed by atoms with van der Waals surface area (Å²) < 4.78 is 51.0. The summed E-state index contributed by atoms with van der Waals surface area (Å²) in [6, 6.07) is 0. The van der Waals surface area contributed by atoms with Crippen molar-refractivity contribution in [2.24, 2.45) is 5.92 Å².